The molecular weight excluding hydrogens is 380 g/mol. The molecule has 0 bridgehead atoms. The number of carbonyl (C=O) groups is 1. The van der Waals surface area contributed by atoms with Gasteiger partial charge in [0.1, 0.15) is 12.4 Å². The van der Waals surface area contributed by atoms with E-state index in [0.29, 0.717) is 27.9 Å². The second-order valence-corrected chi connectivity index (χ2v) is 6.55. The standard InChI is InChI=1S/C19H15ClN6O2/c1-12-22-16(13-5-7-21-8-6-13)10-17-24-25(19(28)26(12)17)11-18(27)23-15-4-2-3-14(20)9-15/h2-10H,11H2,1H3,(H,23,27). The number of amides is 1. The van der Waals surface area contributed by atoms with Crippen molar-refractivity contribution in [2.45, 2.75) is 13.5 Å². The lowest BCUT2D eigenvalue weighted by Gasteiger charge is -2.04. The lowest BCUT2D eigenvalue weighted by Crippen LogP contribution is -2.28. The molecule has 1 N–H and O–H groups in total. The molecule has 1 amide bonds. The Hall–Kier alpha value is -3.52. The fraction of sp³-hybridized carbons (Fsp3) is 0.105. The van der Waals surface area contributed by atoms with Crippen molar-refractivity contribution < 1.29 is 4.79 Å². The predicted molar refractivity (Wildman–Crippen MR) is 105 cm³/mol. The number of nitrogens with zero attached hydrogens (tertiary/aromatic N) is 5. The van der Waals surface area contributed by atoms with Crippen LogP contribution in [0.1, 0.15) is 5.82 Å². The Morgan fingerprint density at radius 1 is 1.18 bits per heavy atom. The van der Waals surface area contributed by atoms with Crippen LogP contribution in [0.2, 0.25) is 5.02 Å². The number of halogens is 1. The van der Waals surface area contributed by atoms with Gasteiger partial charge in [0.2, 0.25) is 5.91 Å². The molecule has 0 unspecified atom stereocenters. The third-order valence-electron chi connectivity index (χ3n) is 4.11. The van der Waals surface area contributed by atoms with Gasteiger partial charge in [0, 0.05) is 34.7 Å². The van der Waals surface area contributed by atoms with Crippen LogP contribution >= 0.6 is 11.6 Å². The van der Waals surface area contributed by atoms with Crippen LogP contribution in [0.3, 0.4) is 0 Å². The molecule has 0 radical (unpaired) electrons. The van der Waals surface area contributed by atoms with E-state index in [1.165, 1.54) is 4.40 Å². The average molecular weight is 395 g/mol. The van der Waals surface area contributed by atoms with E-state index in [-0.39, 0.29) is 12.5 Å². The topological polar surface area (TPSA) is 94.2 Å². The van der Waals surface area contributed by atoms with Gasteiger partial charge in [0.15, 0.2) is 5.65 Å². The van der Waals surface area contributed by atoms with Crippen LogP contribution in [0.15, 0.2) is 59.7 Å². The largest absolute Gasteiger partial charge is 0.352 e. The molecule has 0 fully saturated rings. The van der Waals surface area contributed by atoms with Crippen LogP contribution in [-0.2, 0) is 11.3 Å². The van der Waals surface area contributed by atoms with Gasteiger partial charge in [-0.05, 0) is 37.3 Å². The first-order valence-electron chi connectivity index (χ1n) is 8.44. The van der Waals surface area contributed by atoms with E-state index in [9.17, 15) is 9.59 Å². The van der Waals surface area contributed by atoms with E-state index in [0.717, 1.165) is 10.2 Å². The van der Waals surface area contributed by atoms with Gasteiger partial charge in [-0.2, -0.15) is 0 Å². The lowest BCUT2D eigenvalue weighted by molar-refractivity contribution is -0.117. The molecule has 4 rings (SSSR count). The highest BCUT2D eigenvalue weighted by Crippen LogP contribution is 2.18. The van der Waals surface area contributed by atoms with Gasteiger partial charge in [-0.15, -0.1) is 5.10 Å². The van der Waals surface area contributed by atoms with Crippen LogP contribution < -0.4 is 11.0 Å². The van der Waals surface area contributed by atoms with Gasteiger partial charge in [-0.25, -0.2) is 18.9 Å². The summed E-state index contributed by atoms with van der Waals surface area (Å²) in [7, 11) is 0. The van der Waals surface area contributed by atoms with E-state index in [4.69, 9.17) is 11.6 Å². The molecular formula is C19H15ClN6O2. The summed E-state index contributed by atoms with van der Waals surface area (Å²) in [5.41, 5.74) is 2.07. The first-order chi connectivity index (χ1) is 13.5. The Labute approximate surface area is 164 Å². The molecule has 3 aromatic heterocycles. The number of hydrogen-bond acceptors (Lipinski definition) is 5. The number of nitrogens with one attached hydrogen (secondary N) is 1. The van der Waals surface area contributed by atoms with E-state index in [1.807, 2.05) is 12.1 Å². The monoisotopic (exact) mass is 394 g/mol. The van der Waals surface area contributed by atoms with Crippen molar-refractivity contribution in [3.8, 4) is 11.3 Å². The SMILES string of the molecule is Cc1nc(-c2ccncc2)cc2nn(CC(=O)Nc3cccc(Cl)c3)c(=O)n12. The molecule has 8 nitrogen and oxygen atoms in total. The molecule has 0 atom stereocenters. The fourth-order valence-corrected chi connectivity index (χ4v) is 3.07. The number of rotatable bonds is 4. The van der Waals surface area contributed by atoms with Crippen molar-refractivity contribution in [1.82, 2.24) is 24.1 Å². The molecule has 0 aliphatic rings. The second-order valence-electron chi connectivity index (χ2n) is 6.12. The summed E-state index contributed by atoms with van der Waals surface area (Å²) >= 11 is 5.92. The smallest absolute Gasteiger partial charge is 0.324 e. The third kappa shape index (κ3) is 3.49. The lowest BCUT2D eigenvalue weighted by atomic mass is 10.2. The number of carbonyl (C=O) groups excluding carboxylic acids is 1. The molecule has 0 aliphatic heterocycles. The molecule has 0 spiro atoms. The Kier molecular flexibility index (Phi) is 4.62. The normalized spacial score (nSPS) is 10.9. The van der Waals surface area contributed by atoms with Crippen molar-refractivity contribution in [2.75, 3.05) is 5.32 Å². The van der Waals surface area contributed by atoms with Gasteiger partial charge in [0.05, 0.1) is 5.69 Å². The van der Waals surface area contributed by atoms with E-state index >= 15 is 0 Å². The number of anilines is 1. The van der Waals surface area contributed by atoms with Gasteiger partial charge >= 0.3 is 5.69 Å². The molecule has 0 aliphatic carbocycles. The van der Waals surface area contributed by atoms with Gasteiger partial charge in [-0.1, -0.05) is 17.7 Å². The number of benzene rings is 1. The summed E-state index contributed by atoms with van der Waals surface area (Å²) in [5, 5.41) is 7.49. The maximum atomic E-state index is 12.7. The summed E-state index contributed by atoms with van der Waals surface area (Å²) < 4.78 is 2.48. The predicted octanol–water partition coefficient (Wildman–Crippen LogP) is 2.55. The minimum atomic E-state index is -0.428. The molecule has 0 saturated carbocycles. The molecule has 3 heterocycles. The fourth-order valence-electron chi connectivity index (χ4n) is 2.88. The summed E-state index contributed by atoms with van der Waals surface area (Å²) in [5.74, 6) is 0.101. The van der Waals surface area contributed by atoms with Crippen molar-refractivity contribution in [1.29, 1.82) is 0 Å². The van der Waals surface area contributed by atoms with Gasteiger partial charge in [-0.3, -0.25) is 9.78 Å². The molecule has 1 aromatic carbocycles. The number of aryl methyl sites for hydroxylation is 1. The van der Waals surface area contributed by atoms with Crippen molar-refractivity contribution in [3.05, 3.63) is 76.2 Å². The number of fused-ring (bicyclic) bond motifs is 1. The molecule has 28 heavy (non-hydrogen) atoms. The number of aromatic nitrogens is 5. The summed E-state index contributed by atoms with van der Waals surface area (Å²) in [6.07, 6.45) is 3.34. The zero-order valence-electron chi connectivity index (χ0n) is 14.8. The Balaban J connectivity index is 1.65. The maximum Gasteiger partial charge on any atom is 0.352 e. The van der Waals surface area contributed by atoms with Crippen LogP contribution in [-0.4, -0.2) is 30.1 Å². The minimum Gasteiger partial charge on any atom is -0.324 e. The zero-order valence-corrected chi connectivity index (χ0v) is 15.6. The first kappa shape index (κ1) is 17.9. The van der Waals surface area contributed by atoms with Crippen molar-refractivity contribution >= 4 is 28.8 Å². The van der Waals surface area contributed by atoms with Crippen LogP contribution in [0.5, 0.6) is 0 Å². The van der Waals surface area contributed by atoms with E-state index in [1.54, 1.807) is 49.6 Å². The molecule has 4 aromatic rings. The van der Waals surface area contributed by atoms with Crippen LogP contribution in [0.4, 0.5) is 5.69 Å². The first-order valence-corrected chi connectivity index (χ1v) is 8.82. The summed E-state index contributed by atoms with van der Waals surface area (Å²) in [4.78, 5) is 33.4. The highest BCUT2D eigenvalue weighted by Gasteiger charge is 2.15. The zero-order chi connectivity index (χ0) is 19.7. The molecule has 140 valence electrons. The maximum absolute atomic E-state index is 12.7. The van der Waals surface area contributed by atoms with Crippen LogP contribution in [0, 0.1) is 6.92 Å². The molecule has 9 heteroatoms. The van der Waals surface area contributed by atoms with E-state index in [2.05, 4.69) is 20.4 Å². The Bertz CT molecular complexity index is 1230. The number of hydrogen-bond donors (Lipinski definition) is 1. The second kappa shape index (κ2) is 7.24. The molecule has 0 saturated heterocycles. The Morgan fingerprint density at radius 3 is 2.71 bits per heavy atom. The van der Waals surface area contributed by atoms with Crippen LogP contribution in [0.25, 0.3) is 16.9 Å². The van der Waals surface area contributed by atoms with Crippen molar-refractivity contribution in [3.63, 3.8) is 0 Å². The highest BCUT2D eigenvalue weighted by molar-refractivity contribution is 6.30. The van der Waals surface area contributed by atoms with Gasteiger partial charge in [0.25, 0.3) is 0 Å². The minimum absolute atomic E-state index is 0.225. The van der Waals surface area contributed by atoms with E-state index < -0.39 is 5.69 Å². The average Bonchev–Trinajstić information content (AvgIpc) is 2.98. The highest BCUT2D eigenvalue weighted by atomic mass is 35.5. The third-order valence-corrected chi connectivity index (χ3v) is 4.35. The van der Waals surface area contributed by atoms with Crippen molar-refractivity contribution in [2.24, 2.45) is 0 Å². The summed E-state index contributed by atoms with van der Waals surface area (Å²) in [6.45, 7) is 1.49. The quantitative estimate of drug-likeness (QED) is 0.574. The number of pyridine rings is 1. The Morgan fingerprint density at radius 2 is 1.96 bits per heavy atom. The summed E-state index contributed by atoms with van der Waals surface area (Å²) in [6, 6.07) is 12.1. The van der Waals surface area contributed by atoms with Gasteiger partial charge < -0.3 is 5.32 Å².